The topological polar surface area (TPSA) is 80.5 Å². The number of anilines is 1. The Morgan fingerprint density at radius 3 is 2.91 bits per heavy atom. The van der Waals surface area contributed by atoms with Crippen molar-refractivity contribution >= 4 is 11.6 Å². The van der Waals surface area contributed by atoms with Gasteiger partial charge < -0.3 is 14.6 Å². The second-order valence-electron chi connectivity index (χ2n) is 5.55. The van der Waals surface area contributed by atoms with E-state index in [4.69, 9.17) is 9.26 Å². The first-order valence-corrected chi connectivity index (χ1v) is 7.70. The standard InChI is InChI=1S/C16H20N4O3/c1-3-22-14-7-5-4-6-13(14)18-15(21)10-20-8-12(9-20)16-17-11(2)19-23-16/h4-7,12H,3,8-10H2,1-2H3,(H,18,21). The molecule has 1 aromatic heterocycles. The van der Waals surface area contributed by atoms with Crippen LogP contribution >= 0.6 is 0 Å². The van der Waals surface area contributed by atoms with Crippen molar-refractivity contribution in [2.75, 3.05) is 31.6 Å². The summed E-state index contributed by atoms with van der Waals surface area (Å²) in [6, 6.07) is 7.43. The number of para-hydroxylation sites is 2. The van der Waals surface area contributed by atoms with Crippen LogP contribution in [-0.4, -0.2) is 47.2 Å². The predicted molar refractivity (Wildman–Crippen MR) is 84.5 cm³/mol. The smallest absolute Gasteiger partial charge is 0.238 e. The first kappa shape index (κ1) is 15.5. The van der Waals surface area contributed by atoms with E-state index in [9.17, 15) is 4.79 Å². The fourth-order valence-corrected chi connectivity index (χ4v) is 2.58. The van der Waals surface area contributed by atoms with Crippen molar-refractivity contribution in [1.82, 2.24) is 15.0 Å². The van der Waals surface area contributed by atoms with E-state index in [1.165, 1.54) is 0 Å². The zero-order valence-corrected chi connectivity index (χ0v) is 13.3. The van der Waals surface area contributed by atoms with Gasteiger partial charge in [0, 0.05) is 13.1 Å². The number of benzene rings is 1. The maximum absolute atomic E-state index is 12.2. The van der Waals surface area contributed by atoms with E-state index in [-0.39, 0.29) is 11.8 Å². The average Bonchev–Trinajstić information content (AvgIpc) is 2.91. The number of rotatable bonds is 6. The summed E-state index contributed by atoms with van der Waals surface area (Å²) in [7, 11) is 0. The number of likely N-dealkylation sites (tertiary alicyclic amines) is 1. The molecule has 122 valence electrons. The molecule has 1 aliphatic heterocycles. The maximum Gasteiger partial charge on any atom is 0.238 e. The third kappa shape index (κ3) is 3.68. The van der Waals surface area contributed by atoms with Gasteiger partial charge in [0.25, 0.3) is 0 Å². The largest absolute Gasteiger partial charge is 0.492 e. The highest BCUT2D eigenvalue weighted by Gasteiger charge is 2.33. The van der Waals surface area contributed by atoms with Crippen molar-refractivity contribution in [1.29, 1.82) is 0 Å². The molecule has 7 nitrogen and oxygen atoms in total. The Morgan fingerprint density at radius 1 is 1.43 bits per heavy atom. The summed E-state index contributed by atoms with van der Waals surface area (Å²) in [4.78, 5) is 18.4. The van der Waals surface area contributed by atoms with Crippen molar-refractivity contribution in [3.8, 4) is 5.75 Å². The highest BCUT2D eigenvalue weighted by Crippen LogP contribution is 2.26. The zero-order chi connectivity index (χ0) is 16.2. The van der Waals surface area contributed by atoms with Crippen LogP contribution in [0.4, 0.5) is 5.69 Å². The van der Waals surface area contributed by atoms with Crippen LogP contribution < -0.4 is 10.1 Å². The number of amides is 1. The van der Waals surface area contributed by atoms with Crippen molar-refractivity contribution < 1.29 is 14.1 Å². The van der Waals surface area contributed by atoms with Gasteiger partial charge >= 0.3 is 0 Å². The van der Waals surface area contributed by atoms with Crippen LogP contribution in [0.1, 0.15) is 24.6 Å². The lowest BCUT2D eigenvalue weighted by Gasteiger charge is -2.36. The number of hydrogen-bond acceptors (Lipinski definition) is 6. The summed E-state index contributed by atoms with van der Waals surface area (Å²) in [6.07, 6.45) is 0. The fraction of sp³-hybridized carbons (Fsp3) is 0.438. The van der Waals surface area contributed by atoms with Crippen LogP contribution in [0.25, 0.3) is 0 Å². The molecule has 7 heteroatoms. The summed E-state index contributed by atoms with van der Waals surface area (Å²) < 4.78 is 10.7. The SMILES string of the molecule is CCOc1ccccc1NC(=O)CN1CC(c2nc(C)no2)C1. The third-order valence-electron chi connectivity index (χ3n) is 3.68. The molecule has 23 heavy (non-hydrogen) atoms. The highest BCUT2D eigenvalue weighted by atomic mass is 16.5. The van der Waals surface area contributed by atoms with Crippen LogP contribution in [0.2, 0.25) is 0 Å². The maximum atomic E-state index is 12.2. The van der Waals surface area contributed by atoms with E-state index in [0.717, 1.165) is 13.1 Å². The summed E-state index contributed by atoms with van der Waals surface area (Å²) in [5, 5.41) is 6.69. The van der Waals surface area contributed by atoms with Gasteiger partial charge in [-0.05, 0) is 26.0 Å². The van der Waals surface area contributed by atoms with Gasteiger partial charge in [0.15, 0.2) is 5.82 Å². The molecule has 0 atom stereocenters. The zero-order valence-electron chi connectivity index (χ0n) is 13.3. The van der Waals surface area contributed by atoms with Crippen LogP contribution in [0.3, 0.4) is 0 Å². The molecule has 1 amide bonds. The number of aromatic nitrogens is 2. The van der Waals surface area contributed by atoms with Gasteiger partial charge in [0.05, 0.1) is 24.8 Å². The molecule has 0 spiro atoms. The molecule has 2 heterocycles. The number of carbonyl (C=O) groups is 1. The molecular formula is C16H20N4O3. The lowest BCUT2D eigenvalue weighted by Crippen LogP contribution is -2.48. The minimum absolute atomic E-state index is 0.0580. The highest BCUT2D eigenvalue weighted by molar-refractivity contribution is 5.93. The number of carbonyl (C=O) groups excluding carboxylic acids is 1. The van der Waals surface area contributed by atoms with Crippen LogP contribution in [0, 0.1) is 6.92 Å². The molecule has 1 N–H and O–H groups in total. The molecule has 0 unspecified atom stereocenters. The van der Waals surface area contributed by atoms with E-state index in [2.05, 4.69) is 15.5 Å². The number of hydrogen-bond donors (Lipinski definition) is 1. The van der Waals surface area contributed by atoms with Gasteiger partial charge in [0.2, 0.25) is 11.8 Å². The molecule has 2 aromatic rings. The van der Waals surface area contributed by atoms with Gasteiger partial charge in [-0.2, -0.15) is 4.98 Å². The number of nitrogens with zero attached hydrogens (tertiary/aromatic N) is 3. The van der Waals surface area contributed by atoms with Crippen LogP contribution in [0.15, 0.2) is 28.8 Å². The Balaban J connectivity index is 1.49. The normalized spacial score (nSPS) is 15.2. The van der Waals surface area contributed by atoms with Gasteiger partial charge in [-0.15, -0.1) is 0 Å². The first-order chi connectivity index (χ1) is 11.2. The number of nitrogens with one attached hydrogen (secondary N) is 1. The summed E-state index contributed by atoms with van der Waals surface area (Å²) in [5.41, 5.74) is 0.698. The Kier molecular flexibility index (Phi) is 4.57. The Morgan fingerprint density at radius 2 is 2.22 bits per heavy atom. The summed E-state index contributed by atoms with van der Waals surface area (Å²) in [6.45, 7) is 6.11. The minimum atomic E-state index is -0.0580. The number of ether oxygens (including phenoxy) is 1. The quantitative estimate of drug-likeness (QED) is 0.875. The lowest BCUT2D eigenvalue weighted by atomic mass is 10.0. The third-order valence-corrected chi connectivity index (χ3v) is 3.68. The van der Waals surface area contributed by atoms with Crippen molar-refractivity contribution in [3.05, 3.63) is 36.0 Å². The van der Waals surface area contributed by atoms with Gasteiger partial charge in [-0.1, -0.05) is 17.3 Å². The van der Waals surface area contributed by atoms with E-state index in [1.807, 2.05) is 36.1 Å². The van der Waals surface area contributed by atoms with E-state index < -0.39 is 0 Å². The van der Waals surface area contributed by atoms with E-state index in [0.29, 0.717) is 36.3 Å². The second-order valence-corrected chi connectivity index (χ2v) is 5.55. The molecule has 1 aromatic carbocycles. The molecule has 1 fully saturated rings. The minimum Gasteiger partial charge on any atom is -0.492 e. The molecular weight excluding hydrogens is 296 g/mol. The van der Waals surface area contributed by atoms with Crippen molar-refractivity contribution in [2.45, 2.75) is 19.8 Å². The van der Waals surface area contributed by atoms with E-state index in [1.54, 1.807) is 6.92 Å². The van der Waals surface area contributed by atoms with Gasteiger partial charge in [-0.3, -0.25) is 9.69 Å². The summed E-state index contributed by atoms with van der Waals surface area (Å²) >= 11 is 0. The first-order valence-electron chi connectivity index (χ1n) is 7.70. The molecule has 1 aliphatic rings. The molecule has 0 bridgehead atoms. The molecule has 3 rings (SSSR count). The van der Waals surface area contributed by atoms with Gasteiger partial charge in [0.1, 0.15) is 5.75 Å². The monoisotopic (exact) mass is 316 g/mol. The lowest BCUT2D eigenvalue weighted by molar-refractivity contribution is -0.118. The van der Waals surface area contributed by atoms with Crippen molar-refractivity contribution in [2.24, 2.45) is 0 Å². The van der Waals surface area contributed by atoms with Crippen molar-refractivity contribution in [3.63, 3.8) is 0 Å². The van der Waals surface area contributed by atoms with E-state index >= 15 is 0 Å². The second kappa shape index (κ2) is 6.78. The molecule has 1 saturated heterocycles. The van der Waals surface area contributed by atoms with Crippen LogP contribution in [-0.2, 0) is 4.79 Å². The Hall–Kier alpha value is -2.41. The fourth-order valence-electron chi connectivity index (χ4n) is 2.58. The molecule has 0 saturated carbocycles. The van der Waals surface area contributed by atoms with Gasteiger partial charge in [-0.25, -0.2) is 0 Å². The summed E-state index contributed by atoms with van der Waals surface area (Å²) in [5.74, 6) is 2.15. The Bertz CT molecular complexity index is 679. The molecule has 0 aliphatic carbocycles. The number of aryl methyl sites for hydroxylation is 1. The Labute approximate surface area is 134 Å². The van der Waals surface area contributed by atoms with Crippen LogP contribution in [0.5, 0.6) is 5.75 Å². The molecule has 0 radical (unpaired) electrons. The predicted octanol–water partition coefficient (Wildman–Crippen LogP) is 1.81. The average molecular weight is 316 g/mol.